The highest BCUT2D eigenvalue weighted by molar-refractivity contribution is 9.10. The Kier molecular flexibility index (Phi) is 4.54. The Morgan fingerprint density at radius 2 is 1.95 bits per heavy atom. The zero-order chi connectivity index (χ0) is 15.8. The van der Waals surface area contributed by atoms with Gasteiger partial charge in [0.15, 0.2) is 0 Å². The number of hydrogen-bond acceptors (Lipinski definition) is 4. The lowest BCUT2D eigenvalue weighted by atomic mass is 10.2. The van der Waals surface area contributed by atoms with Crippen molar-refractivity contribution in [3.8, 4) is 0 Å². The molecule has 1 aromatic heterocycles. The minimum atomic E-state index is -3.97. The van der Waals surface area contributed by atoms with Crippen molar-refractivity contribution in [2.75, 3.05) is 10.5 Å². The topological polar surface area (TPSA) is 85.1 Å². The minimum Gasteiger partial charge on any atom is -0.383 e. The molecule has 112 valence electrons. The first kappa shape index (κ1) is 16.2. The second-order valence-corrected chi connectivity index (χ2v) is 7.64. The number of nitrogens with zero attached hydrogens (tertiary/aromatic N) is 1. The van der Waals surface area contributed by atoms with Gasteiger partial charge in [-0.1, -0.05) is 0 Å². The van der Waals surface area contributed by atoms with Gasteiger partial charge in [0, 0.05) is 10.7 Å². The van der Waals surface area contributed by atoms with Crippen LogP contribution >= 0.6 is 31.9 Å². The largest absolute Gasteiger partial charge is 0.383 e. The second kappa shape index (κ2) is 5.90. The van der Waals surface area contributed by atoms with Crippen LogP contribution in [0, 0.1) is 12.7 Å². The normalized spacial score (nSPS) is 11.4. The van der Waals surface area contributed by atoms with Crippen LogP contribution < -0.4 is 10.5 Å². The second-order valence-electron chi connectivity index (χ2n) is 4.22. The van der Waals surface area contributed by atoms with E-state index in [9.17, 15) is 12.8 Å². The lowest BCUT2D eigenvalue weighted by Gasteiger charge is -2.12. The van der Waals surface area contributed by atoms with Gasteiger partial charge in [-0.05, 0) is 62.5 Å². The number of aryl methyl sites for hydroxylation is 1. The number of hydrogen-bond donors (Lipinski definition) is 2. The van der Waals surface area contributed by atoms with Gasteiger partial charge in [-0.15, -0.1) is 0 Å². The van der Waals surface area contributed by atoms with Gasteiger partial charge in [0.2, 0.25) is 0 Å². The molecular weight excluding hydrogens is 429 g/mol. The van der Waals surface area contributed by atoms with Crippen LogP contribution in [0.4, 0.5) is 15.9 Å². The molecule has 0 spiro atoms. The van der Waals surface area contributed by atoms with E-state index in [0.29, 0.717) is 10.0 Å². The molecule has 0 unspecified atom stereocenters. The van der Waals surface area contributed by atoms with Gasteiger partial charge >= 0.3 is 0 Å². The molecule has 2 aromatic rings. The Balaban J connectivity index is 2.47. The van der Waals surface area contributed by atoms with Crippen LogP contribution in [0.1, 0.15) is 5.56 Å². The SMILES string of the molecule is Cc1cc(Br)c(F)cc1NS(=O)(=O)c1cc(Br)cnc1N. The van der Waals surface area contributed by atoms with E-state index < -0.39 is 15.8 Å². The van der Waals surface area contributed by atoms with Crippen molar-refractivity contribution in [1.82, 2.24) is 4.98 Å². The van der Waals surface area contributed by atoms with E-state index >= 15 is 0 Å². The summed E-state index contributed by atoms with van der Waals surface area (Å²) >= 11 is 6.17. The summed E-state index contributed by atoms with van der Waals surface area (Å²) in [5, 5.41) is 0. The van der Waals surface area contributed by atoms with E-state index in [2.05, 4.69) is 41.6 Å². The summed E-state index contributed by atoms with van der Waals surface area (Å²) < 4.78 is 41.3. The molecule has 0 fully saturated rings. The molecule has 1 heterocycles. The average Bonchev–Trinajstić information content (AvgIpc) is 2.38. The molecular formula is C12H10Br2FN3O2S. The smallest absolute Gasteiger partial charge is 0.265 e. The number of anilines is 2. The third-order valence-electron chi connectivity index (χ3n) is 2.65. The Hall–Kier alpha value is -1.19. The molecule has 0 saturated carbocycles. The first-order chi connectivity index (χ1) is 9.70. The van der Waals surface area contributed by atoms with Crippen molar-refractivity contribution < 1.29 is 12.8 Å². The van der Waals surface area contributed by atoms with Gasteiger partial charge < -0.3 is 5.73 Å². The fourth-order valence-electron chi connectivity index (χ4n) is 1.60. The monoisotopic (exact) mass is 437 g/mol. The fourth-order valence-corrected chi connectivity index (χ4v) is 3.77. The van der Waals surface area contributed by atoms with Gasteiger partial charge in [-0.25, -0.2) is 17.8 Å². The van der Waals surface area contributed by atoms with Gasteiger partial charge in [-0.3, -0.25) is 4.72 Å². The number of pyridine rings is 1. The van der Waals surface area contributed by atoms with Crippen LogP contribution in [0.2, 0.25) is 0 Å². The highest BCUT2D eigenvalue weighted by Gasteiger charge is 2.20. The van der Waals surface area contributed by atoms with Crippen LogP contribution in [-0.4, -0.2) is 13.4 Å². The third kappa shape index (κ3) is 3.53. The summed E-state index contributed by atoms with van der Waals surface area (Å²) in [6.45, 7) is 1.66. The molecule has 0 saturated heterocycles. The predicted molar refractivity (Wildman–Crippen MR) is 86.0 cm³/mol. The number of rotatable bonds is 3. The molecule has 0 bridgehead atoms. The maximum absolute atomic E-state index is 13.6. The van der Waals surface area contributed by atoms with Crippen molar-refractivity contribution in [3.05, 3.63) is 44.7 Å². The Morgan fingerprint density at radius 3 is 2.62 bits per heavy atom. The Bertz CT molecular complexity index is 812. The molecule has 2 rings (SSSR count). The number of halogens is 3. The van der Waals surface area contributed by atoms with Crippen LogP contribution in [-0.2, 0) is 10.0 Å². The quantitative estimate of drug-likeness (QED) is 0.768. The zero-order valence-electron chi connectivity index (χ0n) is 10.7. The molecule has 0 amide bonds. The number of nitrogens with two attached hydrogens (primary N) is 1. The maximum Gasteiger partial charge on any atom is 0.265 e. The van der Waals surface area contributed by atoms with Gasteiger partial charge in [-0.2, -0.15) is 0 Å². The molecule has 1 aromatic carbocycles. The van der Waals surface area contributed by atoms with E-state index in [1.54, 1.807) is 6.92 Å². The lowest BCUT2D eigenvalue weighted by Crippen LogP contribution is -2.16. The number of aromatic nitrogens is 1. The molecule has 0 aliphatic rings. The summed E-state index contributed by atoms with van der Waals surface area (Å²) in [5.41, 5.74) is 6.29. The number of benzene rings is 1. The number of sulfonamides is 1. The molecule has 9 heteroatoms. The summed E-state index contributed by atoms with van der Waals surface area (Å²) in [7, 11) is -3.97. The van der Waals surface area contributed by atoms with E-state index in [1.807, 2.05) is 0 Å². The molecule has 5 nitrogen and oxygen atoms in total. The van der Waals surface area contributed by atoms with Gasteiger partial charge in [0.1, 0.15) is 16.5 Å². The Labute approximate surface area is 138 Å². The van der Waals surface area contributed by atoms with Gasteiger partial charge in [0.25, 0.3) is 10.0 Å². The highest BCUT2D eigenvalue weighted by atomic mass is 79.9. The van der Waals surface area contributed by atoms with E-state index in [1.165, 1.54) is 18.3 Å². The first-order valence-corrected chi connectivity index (χ1v) is 8.67. The number of nitrogen functional groups attached to an aromatic ring is 1. The lowest BCUT2D eigenvalue weighted by molar-refractivity contribution is 0.601. The number of nitrogens with one attached hydrogen (secondary N) is 1. The molecule has 0 aliphatic heterocycles. The van der Waals surface area contributed by atoms with Crippen molar-refractivity contribution in [2.45, 2.75) is 11.8 Å². The summed E-state index contributed by atoms with van der Waals surface area (Å²) in [6, 6.07) is 3.91. The van der Waals surface area contributed by atoms with Gasteiger partial charge in [0.05, 0.1) is 10.2 Å². The summed E-state index contributed by atoms with van der Waals surface area (Å²) in [5.74, 6) is -0.709. The van der Waals surface area contributed by atoms with Crippen molar-refractivity contribution in [1.29, 1.82) is 0 Å². The standard InChI is InChI=1S/C12H10Br2FN3O2S/c1-6-2-8(14)9(15)4-10(6)18-21(19,20)11-3-7(13)5-17-12(11)16/h2-5,18H,1H3,(H2,16,17). The molecule has 0 radical (unpaired) electrons. The van der Waals surface area contributed by atoms with Crippen LogP contribution in [0.15, 0.2) is 38.2 Å². The fraction of sp³-hybridized carbons (Fsp3) is 0.0833. The van der Waals surface area contributed by atoms with E-state index in [4.69, 9.17) is 5.73 Å². The van der Waals surface area contributed by atoms with Crippen LogP contribution in [0.25, 0.3) is 0 Å². The third-order valence-corrected chi connectivity index (χ3v) is 5.09. The van der Waals surface area contributed by atoms with Crippen molar-refractivity contribution >= 4 is 53.4 Å². The Morgan fingerprint density at radius 1 is 1.29 bits per heavy atom. The van der Waals surface area contributed by atoms with E-state index in [0.717, 1.165) is 6.07 Å². The molecule has 21 heavy (non-hydrogen) atoms. The van der Waals surface area contributed by atoms with E-state index in [-0.39, 0.29) is 20.9 Å². The van der Waals surface area contributed by atoms with Crippen LogP contribution in [0.5, 0.6) is 0 Å². The highest BCUT2D eigenvalue weighted by Crippen LogP contribution is 2.28. The first-order valence-electron chi connectivity index (χ1n) is 5.60. The molecule has 0 atom stereocenters. The molecule has 0 aliphatic carbocycles. The predicted octanol–water partition coefficient (Wildman–Crippen LogP) is 3.44. The average molecular weight is 439 g/mol. The maximum atomic E-state index is 13.6. The molecule has 3 N–H and O–H groups in total. The zero-order valence-corrected chi connectivity index (χ0v) is 14.7. The van der Waals surface area contributed by atoms with Crippen LogP contribution in [0.3, 0.4) is 0 Å². The summed E-state index contributed by atoms with van der Waals surface area (Å²) in [6.07, 6.45) is 1.39. The summed E-state index contributed by atoms with van der Waals surface area (Å²) in [4.78, 5) is 3.59. The minimum absolute atomic E-state index is 0.134. The van der Waals surface area contributed by atoms with Crippen molar-refractivity contribution in [3.63, 3.8) is 0 Å². The van der Waals surface area contributed by atoms with Crippen molar-refractivity contribution in [2.24, 2.45) is 0 Å².